The third-order valence-corrected chi connectivity index (χ3v) is 4.17. The van der Waals surface area contributed by atoms with Crippen LogP contribution in [0.15, 0.2) is 73.1 Å². The lowest BCUT2D eigenvalue weighted by atomic mass is 10.0. The Morgan fingerprint density at radius 1 is 1.00 bits per heavy atom. The van der Waals surface area contributed by atoms with Crippen LogP contribution in [0.3, 0.4) is 0 Å². The molecule has 0 radical (unpaired) electrons. The molecule has 1 aromatic heterocycles. The summed E-state index contributed by atoms with van der Waals surface area (Å²) in [4.78, 5) is 2.25. The Hall–Kier alpha value is -2.43. The van der Waals surface area contributed by atoms with Gasteiger partial charge in [-0.05, 0) is 18.2 Å². The van der Waals surface area contributed by atoms with Crippen molar-refractivity contribution in [1.29, 1.82) is 0 Å². The predicted octanol–water partition coefficient (Wildman–Crippen LogP) is 3.66. The highest BCUT2D eigenvalue weighted by atomic mass is 16.5. The lowest BCUT2D eigenvalue weighted by molar-refractivity contribution is 0.0635. The molecule has 3 aromatic rings. The van der Waals surface area contributed by atoms with Gasteiger partial charge in [0.25, 0.3) is 0 Å². The number of likely N-dealkylation sites (N-methyl/N-ethyl adjacent to an activating group) is 1. The Morgan fingerprint density at radius 3 is 2.12 bits per heavy atom. The molecular weight excluding hydrogens is 310 g/mol. The topological polar surface area (TPSA) is 30.3 Å². The van der Waals surface area contributed by atoms with Gasteiger partial charge in [-0.2, -0.15) is 5.10 Å². The number of nitrogens with zero attached hydrogens (tertiary/aromatic N) is 3. The minimum Gasteiger partial charge on any atom is -0.367 e. The van der Waals surface area contributed by atoms with Gasteiger partial charge in [0.05, 0.1) is 12.8 Å². The van der Waals surface area contributed by atoms with Crippen molar-refractivity contribution in [3.8, 4) is 0 Å². The van der Waals surface area contributed by atoms with E-state index >= 15 is 0 Å². The number of rotatable bonds is 8. The van der Waals surface area contributed by atoms with Gasteiger partial charge in [-0.1, -0.05) is 60.7 Å². The third-order valence-electron chi connectivity index (χ3n) is 4.17. The van der Waals surface area contributed by atoms with Gasteiger partial charge in [0.15, 0.2) is 0 Å². The van der Waals surface area contributed by atoms with E-state index in [-0.39, 0.29) is 6.10 Å². The highest BCUT2D eigenvalue weighted by Gasteiger charge is 2.14. The molecule has 0 atom stereocenters. The zero-order valence-electron chi connectivity index (χ0n) is 14.9. The van der Waals surface area contributed by atoms with Crippen LogP contribution in [0.1, 0.15) is 22.8 Å². The normalized spacial score (nSPS) is 11.4. The smallest absolute Gasteiger partial charge is 0.108 e. The van der Waals surface area contributed by atoms with E-state index in [2.05, 4.69) is 65.6 Å². The van der Waals surface area contributed by atoms with E-state index in [1.165, 1.54) is 16.7 Å². The van der Waals surface area contributed by atoms with Crippen molar-refractivity contribution in [2.75, 3.05) is 20.2 Å². The summed E-state index contributed by atoms with van der Waals surface area (Å²) in [5.41, 5.74) is 3.58. The van der Waals surface area contributed by atoms with Crippen LogP contribution in [0.25, 0.3) is 0 Å². The zero-order valence-corrected chi connectivity index (χ0v) is 14.9. The first kappa shape index (κ1) is 17.4. The van der Waals surface area contributed by atoms with Crippen LogP contribution in [0.5, 0.6) is 0 Å². The van der Waals surface area contributed by atoms with E-state index in [1.807, 2.05) is 36.3 Å². The fourth-order valence-electron chi connectivity index (χ4n) is 2.91. The van der Waals surface area contributed by atoms with E-state index in [0.29, 0.717) is 6.61 Å². The predicted molar refractivity (Wildman–Crippen MR) is 100 cm³/mol. The van der Waals surface area contributed by atoms with Crippen molar-refractivity contribution in [3.05, 3.63) is 89.7 Å². The highest BCUT2D eigenvalue weighted by molar-refractivity contribution is 5.29. The monoisotopic (exact) mass is 335 g/mol. The maximum atomic E-state index is 6.27. The second kappa shape index (κ2) is 8.60. The van der Waals surface area contributed by atoms with E-state index < -0.39 is 0 Å². The van der Waals surface area contributed by atoms with Crippen molar-refractivity contribution in [2.45, 2.75) is 12.6 Å². The van der Waals surface area contributed by atoms with Gasteiger partial charge in [-0.3, -0.25) is 9.58 Å². The molecule has 3 rings (SSSR count). The first-order chi connectivity index (χ1) is 12.2. The Kier molecular flexibility index (Phi) is 5.99. The minimum absolute atomic E-state index is 0.0332. The summed E-state index contributed by atoms with van der Waals surface area (Å²) in [6.45, 7) is 2.41. The highest BCUT2D eigenvalue weighted by Crippen LogP contribution is 2.25. The van der Waals surface area contributed by atoms with Gasteiger partial charge >= 0.3 is 0 Å². The second-order valence-corrected chi connectivity index (χ2v) is 6.33. The molecule has 0 fully saturated rings. The summed E-state index contributed by atoms with van der Waals surface area (Å²) in [5.74, 6) is 0. The molecule has 0 aliphatic heterocycles. The number of ether oxygens (including phenoxy) is 1. The van der Waals surface area contributed by atoms with Crippen molar-refractivity contribution in [2.24, 2.45) is 7.05 Å². The number of hydrogen-bond acceptors (Lipinski definition) is 3. The molecule has 0 spiro atoms. The molecule has 25 heavy (non-hydrogen) atoms. The lowest BCUT2D eigenvalue weighted by Gasteiger charge is -2.21. The van der Waals surface area contributed by atoms with Crippen molar-refractivity contribution in [3.63, 3.8) is 0 Å². The SMILES string of the molecule is CN(CCOC(c1ccccc1)c1ccccc1)Cc1cnn(C)c1. The zero-order chi connectivity index (χ0) is 17.5. The summed E-state index contributed by atoms with van der Waals surface area (Å²) < 4.78 is 8.10. The average Bonchev–Trinajstić information content (AvgIpc) is 3.05. The van der Waals surface area contributed by atoms with Gasteiger partial charge in [0.1, 0.15) is 6.10 Å². The van der Waals surface area contributed by atoms with Gasteiger partial charge < -0.3 is 4.74 Å². The summed E-state index contributed by atoms with van der Waals surface area (Å²) in [6.07, 6.45) is 3.93. The maximum absolute atomic E-state index is 6.27. The van der Waals surface area contributed by atoms with Crippen LogP contribution in [-0.4, -0.2) is 34.9 Å². The first-order valence-electron chi connectivity index (χ1n) is 8.60. The van der Waals surface area contributed by atoms with Crippen molar-refractivity contribution < 1.29 is 4.74 Å². The molecule has 2 aromatic carbocycles. The first-order valence-corrected chi connectivity index (χ1v) is 8.60. The number of benzene rings is 2. The van der Waals surface area contributed by atoms with Gasteiger partial charge in [0.2, 0.25) is 0 Å². The van der Waals surface area contributed by atoms with Crippen LogP contribution in [0, 0.1) is 0 Å². The van der Waals surface area contributed by atoms with E-state index in [9.17, 15) is 0 Å². The molecule has 0 amide bonds. The van der Waals surface area contributed by atoms with Gasteiger partial charge in [-0.25, -0.2) is 0 Å². The molecule has 0 aliphatic rings. The third kappa shape index (κ3) is 5.02. The molecule has 1 heterocycles. The summed E-state index contributed by atoms with van der Waals surface area (Å²) in [7, 11) is 4.05. The molecule has 4 heteroatoms. The maximum Gasteiger partial charge on any atom is 0.108 e. The lowest BCUT2D eigenvalue weighted by Crippen LogP contribution is -2.23. The summed E-state index contributed by atoms with van der Waals surface area (Å²) in [5, 5.41) is 4.22. The molecule has 4 nitrogen and oxygen atoms in total. The Bertz CT molecular complexity index is 716. The summed E-state index contributed by atoms with van der Waals surface area (Å²) >= 11 is 0. The quantitative estimate of drug-likeness (QED) is 0.629. The van der Waals surface area contributed by atoms with Crippen molar-refractivity contribution in [1.82, 2.24) is 14.7 Å². The fraction of sp³-hybridized carbons (Fsp3) is 0.286. The fourth-order valence-corrected chi connectivity index (χ4v) is 2.91. The van der Waals surface area contributed by atoms with Crippen LogP contribution in [-0.2, 0) is 18.3 Å². The molecule has 0 saturated carbocycles. The standard InChI is InChI=1S/C21H25N3O/c1-23(16-18-15-22-24(2)17-18)13-14-25-21(19-9-5-3-6-10-19)20-11-7-4-8-12-20/h3-12,15,17,21H,13-14,16H2,1-2H3. The second-order valence-electron chi connectivity index (χ2n) is 6.33. The Morgan fingerprint density at radius 2 is 1.60 bits per heavy atom. The van der Waals surface area contributed by atoms with Gasteiger partial charge in [-0.15, -0.1) is 0 Å². The molecule has 0 bridgehead atoms. The molecule has 0 unspecified atom stereocenters. The van der Waals surface area contributed by atoms with Crippen LogP contribution in [0.2, 0.25) is 0 Å². The summed E-state index contributed by atoms with van der Waals surface area (Å²) in [6, 6.07) is 20.8. The number of aromatic nitrogens is 2. The molecule has 0 saturated heterocycles. The molecule has 0 aliphatic carbocycles. The Balaban J connectivity index is 1.59. The van der Waals surface area contributed by atoms with Gasteiger partial charge in [0, 0.05) is 31.9 Å². The largest absolute Gasteiger partial charge is 0.367 e. The number of hydrogen-bond donors (Lipinski definition) is 0. The molecule has 130 valence electrons. The van der Waals surface area contributed by atoms with E-state index in [0.717, 1.165) is 13.1 Å². The number of aryl methyl sites for hydroxylation is 1. The molecule has 0 N–H and O–H groups in total. The molecular formula is C21H25N3O. The average molecular weight is 335 g/mol. The Labute approximate surface area is 149 Å². The van der Waals surface area contributed by atoms with E-state index in [1.54, 1.807) is 0 Å². The van der Waals surface area contributed by atoms with Crippen LogP contribution >= 0.6 is 0 Å². The van der Waals surface area contributed by atoms with E-state index in [4.69, 9.17) is 4.74 Å². The minimum atomic E-state index is -0.0332. The van der Waals surface area contributed by atoms with Crippen molar-refractivity contribution >= 4 is 0 Å². The van der Waals surface area contributed by atoms with Crippen LogP contribution in [0.4, 0.5) is 0 Å². The van der Waals surface area contributed by atoms with Crippen LogP contribution < -0.4 is 0 Å².